The Bertz CT molecular complexity index is 1210. The first kappa shape index (κ1) is 25.7. The number of fused-ring (bicyclic) bond motifs is 1. The van der Waals surface area contributed by atoms with E-state index in [0.717, 1.165) is 29.0 Å². The van der Waals surface area contributed by atoms with Crippen LogP contribution in [0.15, 0.2) is 17.3 Å². The summed E-state index contributed by atoms with van der Waals surface area (Å²) in [6.07, 6.45) is -3.83. The second-order valence-electron chi connectivity index (χ2n) is 7.94. The van der Waals surface area contributed by atoms with Gasteiger partial charge in [-0.3, -0.25) is 9.59 Å². The molecule has 6 nitrogen and oxygen atoms in total. The van der Waals surface area contributed by atoms with Gasteiger partial charge in [-0.2, -0.15) is 13.2 Å². The number of ether oxygens (including phenoxy) is 1. The molecule has 1 aliphatic carbocycles. The summed E-state index contributed by atoms with van der Waals surface area (Å²) in [6, 6.07) is 1.64. The summed E-state index contributed by atoms with van der Waals surface area (Å²) < 4.78 is 61.6. The van der Waals surface area contributed by atoms with Crippen molar-refractivity contribution in [1.29, 1.82) is 0 Å². The van der Waals surface area contributed by atoms with Crippen molar-refractivity contribution in [1.82, 2.24) is 5.32 Å². The van der Waals surface area contributed by atoms with Gasteiger partial charge in [0.05, 0.1) is 32.8 Å². The summed E-state index contributed by atoms with van der Waals surface area (Å²) in [5.41, 5.74) is -1.96. The van der Waals surface area contributed by atoms with Crippen molar-refractivity contribution in [3.05, 3.63) is 54.4 Å². The molecule has 2 aliphatic rings. The Hall–Kier alpha value is -2.37. The molecule has 1 aliphatic heterocycles. The van der Waals surface area contributed by atoms with E-state index < -0.39 is 51.5 Å². The molecule has 1 N–H and O–H groups in total. The highest BCUT2D eigenvalue weighted by molar-refractivity contribution is 7.16. The standard InChI is InChI=1S/C22H18Cl2F4N2O4S/c1-2-33-16(31)9-29-20(32)19-12-5-3-4-11(12)18(35-19)15-8-21(34-30-15,22(26,27)28)10-6-13(23)17(25)14(24)7-10/h6-7H,2-5,8-9H2,1H3,(H,29,32). The van der Waals surface area contributed by atoms with Crippen LogP contribution < -0.4 is 5.32 Å². The van der Waals surface area contributed by atoms with E-state index in [4.69, 9.17) is 32.8 Å². The number of nitrogens with zero attached hydrogens (tertiary/aromatic N) is 1. The first-order valence-electron chi connectivity index (χ1n) is 10.5. The SMILES string of the molecule is CCOC(=O)CNC(=O)c1sc(C2=NOC(c3cc(Cl)c(F)c(Cl)c3)(C(F)(F)F)C2)c2c1CCC2. The van der Waals surface area contributed by atoms with Gasteiger partial charge >= 0.3 is 12.1 Å². The van der Waals surface area contributed by atoms with Gasteiger partial charge in [-0.25, -0.2) is 4.39 Å². The van der Waals surface area contributed by atoms with E-state index in [0.29, 0.717) is 34.6 Å². The van der Waals surface area contributed by atoms with Gasteiger partial charge in [0.25, 0.3) is 11.5 Å². The maximum absolute atomic E-state index is 14.3. The van der Waals surface area contributed by atoms with Crippen molar-refractivity contribution in [3.63, 3.8) is 0 Å². The maximum atomic E-state index is 14.3. The number of halogens is 6. The molecule has 1 aromatic heterocycles. The highest BCUT2D eigenvalue weighted by atomic mass is 35.5. The minimum absolute atomic E-state index is 0.00601. The summed E-state index contributed by atoms with van der Waals surface area (Å²) in [5.74, 6) is -2.16. The molecule has 188 valence electrons. The zero-order chi connectivity index (χ0) is 25.5. The van der Waals surface area contributed by atoms with Gasteiger partial charge in [-0.1, -0.05) is 28.4 Å². The van der Waals surface area contributed by atoms with Gasteiger partial charge in [-0.05, 0) is 49.4 Å². The molecule has 0 bridgehead atoms. The quantitative estimate of drug-likeness (QED) is 0.289. The predicted octanol–water partition coefficient (Wildman–Crippen LogP) is 5.56. The van der Waals surface area contributed by atoms with E-state index in [9.17, 15) is 27.2 Å². The summed E-state index contributed by atoms with van der Waals surface area (Å²) in [5, 5.41) is 5.08. The average molecular weight is 553 g/mol. The molecular formula is C22H18Cl2F4N2O4S. The summed E-state index contributed by atoms with van der Waals surface area (Å²) in [6.45, 7) is 1.47. The molecule has 1 unspecified atom stereocenters. The zero-order valence-corrected chi connectivity index (χ0v) is 20.5. The molecule has 35 heavy (non-hydrogen) atoms. The van der Waals surface area contributed by atoms with Crippen molar-refractivity contribution >= 4 is 52.1 Å². The number of thiophene rings is 1. The average Bonchev–Trinajstić information content (AvgIpc) is 3.50. The van der Waals surface area contributed by atoms with Gasteiger partial charge in [0.1, 0.15) is 12.3 Å². The minimum Gasteiger partial charge on any atom is -0.465 e. The van der Waals surface area contributed by atoms with Gasteiger partial charge in [-0.15, -0.1) is 11.3 Å². The summed E-state index contributed by atoms with van der Waals surface area (Å²) in [7, 11) is 0. The molecule has 0 saturated carbocycles. The van der Waals surface area contributed by atoms with Gasteiger partial charge in [0, 0.05) is 5.56 Å². The van der Waals surface area contributed by atoms with E-state index >= 15 is 0 Å². The number of esters is 1. The van der Waals surface area contributed by atoms with Crippen molar-refractivity contribution in [2.75, 3.05) is 13.2 Å². The smallest absolute Gasteiger partial charge is 0.435 e. The van der Waals surface area contributed by atoms with Crippen LogP contribution in [-0.4, -0.2) is 36.9 Å². The van der Waals surface area contributed by atoms with Crippen molar-refractivity contribution in [2.45, 2.75) is 44.4 Å². The number of amides is 1. The normalized spacial score (nSPS) is 19.2. The van der Waals surface area contributed by atoms with Crippen LogP contribution in [0.5, 0.6) is 0 Å². The van der Waals surface area contributed by atoms with Gasteiger partial charge < -0.3 is 14.9 Å². The van der Waals surface area contributed by atoms with E-state index in [1.165, 1.54) is 0 Å². The van der Waals surface area contributed by atoms with Crippen LogP contribution in [0.3, 0.4) is 0 Å². The third-order valence-electron chi connectivity index (χ3n) is 5.77. The fraction of sp³-hybridized carbons (Fsp3) is 0.409. The molecule has 1 amide bonds. The number of oxime groups is 1. The fourth-order valence-electron chi connectivity index (χ4n) is 4.15. The molecular weight excluding hydrogens is 535 g/mol. The molecule has 2 heterocycles. The number of benzene rings is 1. The molecule has 1 aromatic carbocycles. The van der Waals surface area contributed by atoms with E-state index in [1.54, 1.807) is 6.92 Å². The van der Waals surface area contributed by atoms with Crippen LogP contribution in [0, 0.1) is 5.82 Å². The number of nitrogens with one attached hydrogen (secondary N) is 1. The lowest BCUT2D eigenvalue weighted by Gasteiger charge is -2.29. The molecule has 0 fully saturated rings. The summed E-state index contributed by atoms with van der Waals surface area (Å²) >= 11 is 12.5. The third-order valence-corrected chi connectivity index (χ3v) is 7.65. The number of carbonyl (C=O) groups is 2. The lowest BCUT2D eigenvalue weighted by molar-refractivity contribution is -0.275. The van der Waals surface area contributed by atoms with Crippen LogP contribution in [0.4, 0.5) is 17.6 Å². The van der Waals surface area contributed by atoms with Crippen molar-refractivity contribution < 1.29 is 36.7 Å². The van der Waals surface area contributed by atoms with Gasteiger partial charge in [0.15, 0.2) is 5.82 Å². The number of hydrogen-bond acceptors (Lipinski definition) is 6. The van der Waals surface area contributed by atoms with Gasteiger partial charge in [0.2, 0.25) is 0 Å². The lowest BCUT2D eigenvalue weighted by atomic mass is 9.87. The Morgan fingerprint density at radius 3 is 2.51 bits per heavy atom. The fourth-order valence-corrected chi connectivity index (χ4v) is 5.93. The van der Waals surface area contributed by atoms with E-state index in [2.05, 4.69) is 10.5 Å². The van der Waals surface area contributed by atoms with Crippen LogP contribution in [0.25, 0.3) is 0 Å². The zero-order valence-electron chi connectivity index (χ0n) is 18.2. The number of rotatable bonds is 6. The molecule has 0 spiro atoms. The Balaban J connectivity index is 1.66. The van der Waals surface area contributed by atoms with Crippen molar-refractivity contribution in [2.24, 2.45) is 5.16 Å². The first-order chi connectivity index (χ1) is 16.5. The topological polar surface area (TPSA) is 77.0 Å². The Labute approximate surface area is 211 Å². The maximum Gasteiger partial charge on any atom is 0.435 e. The number of alkyl halides is 3. The largest absolute Gasteiger partial charge is 0.465 e. The van der Waals surface area contributed by atoms with Crippen molar-refractivity contribution in [3.8, 4) is 0 Å². The molecule has 2 aromatic rings. The van der Waals surface area contributed by atoms with Crippen LogP contribution >= 0.6 is 34.5 Å². The molecule has 0 saturated heterocycles. The minimum atomic E-state index is -4.94. The Kier molecular flexibility index (Phi) is 7.05. The van der Waals surface area contributed by atoms with Crippen LogP contribution in [-0.2, 0) is 32.8 Å². The lowest BCUT2D eigenvalue weighted by Crippen LogP contribution is -2.42. The monoisotopic (exact) mass is 552 g/mol. The predicted molar refractivity (Wildman–Crippen MR) is 122 cm³/mol. The Morgan fingerprint density at radius 1 is 1.23 bits per heavy atom. The molecule has 4 rings (SSSR count). The van der Waals surface area contributed by atoms with E-state index in [1.807, 2.05) is 0 Å². The number of carbonyl (C=O) groups excluding carboxylic acids is 2. The third kappa shape index (κ3) is 4.61. The molecule has 0 radical (unpaired) electrons. The highest BCUT2D eigenvalue weighted by Gasteiger charge is 2.63. The second kappa shape index (κ2) is 9.59. The van der Waals surface area contributed by atoms with E-state index in [-0.39, 0.29) is 18.9 Å². The summed E-state index contributed by atoms with van der Waals surface area (Å²) in [4.78, 5) is 30.0. The highest BCUT2D eigenvalue weighted by Crippen LogP contribution is 2.51. The number of hydrogen-bond donors (Lipinski definition) is 1. The first-order valence-corrected chi connectivity index (χ1v) is 12.1. The van der Waals surface area contributed by atoms with Crippen LogP contribution in [0.1, 0.15) is 51.0 Å². The molecule has 1 atom stereocenters. The Morgan fingerprint density at radius 2 is 1.89 bits per heavy atom. The second-order valence-corrected chi connectivity index (χ2v) is 9.78. The van der Waals surface area contributed by atoms with Crippen LogP contribution in [0.2, 0.25) is 10.0 Å². The molecule has 13 heteroatoms.